The summed E-state index contributed by atoms with van der Waals surface area (Å²) >= 11 is 0. The van der Waals surface area contributed by atoms with Crippen LogP contribution >= 0.6 is 0 Å². The van der Waals surface area contributed by atoms with Crippen LogP contribution in [0.2, 0.25) is 0 Å². The van der Waals surface area contributed by atoms with Crippen molar-refractivity contribution in [3.63, 3.8) is 0 Å². The van der Waals surface area contributed by atoms with Gasteiger partial charge in [0, 0.05) is 5.56 Å². The van der Waals surface area contributed by atoms with E-state index >= 15 is 0 Å². The fourth-order valence-corrected chi connectivity index (χ4v) is 1.20. The number of hydrogen-bond donors (Lipinski definition) is 0. The van der Waals surface area contributed by atoms with Crippen LogP contribution in [0.25, 0.3) is 6.08 Å². The van der Waals surface area contributed by atoms with Gasteiger partial charge in [-0.25, -0.2) is 9.18 Å². The molecule has 18 heavy (non-hydrogen) atoms. The molecule has 0 amide bonds. The first-order valence-corrected chi connectivity index (χ1v) is 5.58. The fourth-order valence-electron chi connectivity index (χ4n) is 1.20. The number of ether oxygens (including phenoxy) is 1. The molecule has 4 heteroatoms. The van der Waals surface area contributed by atoms with Gasteiger partial charge in [0.25, 0.3) is 0 Å². The standard InChI is InChI=1S/C14H14FNO2/c1-10(2)9-18-14(17)12(8-16)7-11-5-3-4-6-13(11)15/h3-7,10H,9H2,1-2H3/b12-7+. The number of hydrogen-bond acceptors (Lipinski definition) is 3. The highest BCUT2D eigenvalue weighted by atomic mass is 19.1. The Bertz CT molecular complexity index is 501. The fraction of sp³-hybridized carbons (Fsp3) is 0.286. The lowest BCUT2D eigenvalue weighted by atomic mass is 10.1. The lowest BCUT2D eigenvalue weighted by Crippen LogP contribution is -2.11. The topological polar surface area (TPSA) is 50.1 Å². The Balaban J connectivity index is 2.87. The van der Waals surface area contributed by atoms with E-state index in [0.717, 1.165) is 0 Å². The monoisotopic (exact) mass is 247 g/mol. The highest BCUT2D eigenvalue weighted by Gasteiger charge is 2.12. The van der Waals surface area contributed by atoms with Crippen LogP contribution in [0.15, 0.2) is 29.8 Å². The zero-order chi connectivity index (χ0) is 13.5. The van der Waals surface area contributed by atoms with E-state index in [-0.39, 0.29) is 23.7 Å². The smallest absolute Gasteiger partial charge is 0.348 e. The average molecular weight is 247 g/mol. The first kappa shape index (κ1) is 13.9. The van der Waals surface area contributed by atoms with Crippen LogP contribution in [0.5, 0.6) is 0 Å². The highest BCUT2D eigenvalue weighted by Crippen LogP contribution is 2.12. The maximum absolute atomic E-state index is 13.4. The molecule has 1 rings (SSSR count). The van der Waals surface area contributed by atoms with Crippen LogP contribution in [-0.4, -0.2) is 12.6 Å². The Morgan fingerprint density at radius 2 is 2.17 bits per heavy atom. The summed E-state index contributed by atoms with van der Waals surface area (Å²) < 4.78 is 18.3. The number of esters is 1. The minimum Gasteiger partial charge on any atom is -0.461 e. The summed E-state index contributed by atoms with van der Waals surface area (Å²) in [5, 5.41) is 8.87. The van der Waals surface area contributed by atoms with Gasteiger partial charge in [-0.2, -0.15) is 5.26 Å². The van der Waals surface area contributed by atoms with E-state index in [0.29, 0.717) is 0 Å². The molecule has 1 aromatic carbocycles. The number of halogens is 1. The second-order valence-corrected chi connectivity index (χ2v) is 4.18. The van der Waals surface area contributed by atoms with Crippen molar-refractivity contribution in [2.75, 3.05) is 6.61 Å². The molecule has 0 spiro atoms. The largest absolute Gasteiger partial charge is 0.461 e. The summed E-state index contributed by atoms with van der Waals surface area (Å²) in [7, 11) is 0. The molecule has 0 aliphatic heterocycles. The molecule has 1 aromatic rings. The van der Waals surface area contributed by atoms with Crippen molar-refractivity contribution in [2.45, 2.75) is 13.8 Å². The molecule has 0 aliphatic rings. The van der Waals surface area contributed by atoms with Gasteiger partial charge in [0.05, 0.1) is 6.61 Å². The third kappa shape index (κ3) is 4.02. The van der Waals surface area contributed by atoms with Crippen molar-refractivity contribution in [3.05, 3.63) is 41.2 Å². The predicted octanol–water partition coefficient (Wildman–Crippen LogP) is 2.93. The predicted molar refractivity (Wildman–Crippen MR) is 65.8 cm³/mol. The van der Waals surface area contributed by atoms with Gasteiger partial charge in [-0.3, -0.25) is 0 Å². The maximum atomic E-state index is 13.4. The van der Waals surface area contributed by atoms with Crippen molar-refractivity contribution >= 4 is 12.0 Å². The molecule has 0 saturated carbocycles. The third-order valence-electron chi connectivity index (χ3n) is 2.09. The quantitative estimate of drug-likeness (QED) is 0.467. The molecule has 0 heterocycles. The van der Waals surface area contributed by atoms with Crippen molar-refractivity contribution < 1.29 is 13.9 Å². The number of carbonyl (C=O) groups is 1. The molecule has 0 atom stereocenters. The summed E-state index contributed by atoms with van der Waals surface area (Å²) in [6.45, 7) is 4.01. The zero-order valence-electron chi connectivity index (χ0n) is 10.3. The number of carbonyl (C=O) groups excluding carboxylic acids is 1. The zero-order valence-corrected chi connectivity index (χ0v) is 10.3. The molecular weight excluding hydrogens is 233 g/mol. The Morgan fingerprint density at radius 3 is 2.72 bits per heavy atom. The Hall–Kier alpha value is -2.15. The Labute approximate surface area is 105 Å². The van der Waals surface area contributed by atoms with Crippen molar-refractivity contribution in [1.82, 2.24) is 0 Å². The summed E-state index contributed by atoms with van der Waals surface area (Å²) in [5.41, 5.74) is -0.0173. The Morgan fingerprint density at radius 1 is 1.50 bits per heavy atom. The summed E-state index contributed by atoms with van der Waals surface area (Å²) in [4.78, 5) is 11.6. The SMILES string of the molecule is CC(C)COC(=O)/C(C#N)=C/c1ccccc1F. The number of nitrogens with zero attached hydrogens (tertiary/aromatic N) is 1. The van der Waals surface area contributed by atoms with Gasteiger partial charge >= 0.3 is 5.97 Å². The molecule has 94 valence electrons. The van der Waals surface area contributed by atoms with Crippen molar-refractivity contribution in [1.29, 1.82) is 5.26 Å². The van der Waals surface area contributed by atoms with Crippen LogP contribution in [0.4, 0.5) is 4.39 Å². The van der Waals surface area contributed by atoms with Gasteiger partial charge in [0.2, 0.25) is 0 Å². The number of rotatable bonds is 4. The van der Waals surface area contributed by atoms with Crippen molar-refractivity contribution in [3.8, 4) is 6.07 Å². The van der Waals surface area contributed by atoms with Gasteiger partial charge in [0.15, 0.2) is 0 Å². The molecule has 0 unspecified atom stereocenters. The van der Waals surface area contributed by atoms with Crippen molar-refractivity contribution in [2.24, 2.45) is 5.92 Å². The number of benzene rings is 1. The third-order valence-corrected chi connectivity index (χ3v) is 2.09. The van der Waals surface area contributed by atoms with Crippen LogP contribution in [-0.2, 0) is 9.53 Å². The molecule has 0 aliphatic carbocycles. The van der Waals surface area contributed by atoms with Gasteiger partial charge in [0.1, 0.15) is 17.5 Å². The molecular formula is C14H14FNO2. The van der Waals surface area contributed by atoms with Gasteiger partial charge in [-0.15, -0.1) is 0 Å². The van der Waals surface area contributed by atoms with E-state index in [1.165, 1.54) is 24.3 Å². The number of nitriles is 1. The summed E-state index contributed by atoms with van der Waals surface area (Å²) in [5.74, 6) is -1.03. The van der Waals surface area contributed by atoms with E-state index in [1.54, 1.807) is 12.1 Å². The van der Waals surface area contributed by atoms with Crippen LogP contribution in [0, 0.1) is 23.1 Å². The molecule has 0 radical (unpaired) electrons. The van der Waals surface area contributed by atoms with Gasteiger partial charge in [-0.05, 0) is 18.1 Å². The first-order valence-electron chi connectivity index (χ1n) is 5.58. The molecule has 0 fully saturated rings. The lowest BCUT2D eigenvalue weighted by molar-refractivity contribution is -0.139. The normalized spacial score (nSPS) is 11.2. The van der Waals surface area contributed by atoms with E-state index in [1.807, 2.05) is 13.8 Å². The summed E-state index contributed by atoms with van der Waals surface area (Å²) in [6, 6.07) is 7.64. The Kier molecular flexibility index (Phi) is 5.06. The second kappa shape index (κ2) is 6.55. The average Bonchev–Trinajstić information content (AvgIpc) is 2.35. The first-order chi connectivity index (χ1) is 8.54. The molecule has 3 nitrogen and oxygen atoms in total. The minimum atomic E-state index is -0.727. The maximum Gasteiger partial charge on any atom is 0.348 e. The van der Waals surface area contributed by atoms with Crippen LogP contribution < -0.4 is 0 Å². The van der Waals surface area contributed by atoms with E-state index in [4.69, 9.17) is 10.00 Å². The molecule has 0 aromatic heterocycles. The lowest BCUT2D eigenvalue weighted by Gasteiger charge is -2.06. The van der Waals surface area contributed by atoms with E-state index in [2.05, 4.69) is 0 Å². The highest BCUT2D eigenvalue weighted by molar-refractivity contribution is 5.97. The molecule has 0 saturated heterocycles. The van der Waals surface area contributed by atoms with Crippen LogP contribution in [0.1, 0.15) is 19.4 Å². The second-order valence-electron chi connectivity index (χ2n) is 4.18. The van der Waals surface area contributed by atoms with Gasteiger partial charge in [-0.1, -0.05) is 32.0 Å². The molecule has 0 N–H and O–H groups in total. The summed E-state index contributed by atoms with van der Waals surface area (Å²) in [6.07, 6.45) is 1.19. The van der Waals surface area contributed by atoms with Crippen LogP contribution in [0.3, 0.4) is 0 Å². The van der Waals surface area contributed by atoms with E-state index in [9.17, 15) is 9.18 Å². The molecule has 0 bridgehead atoms. The van der Waals surface area contributed by atoms with E-state index < -0.39 is 11.8 Å². The minimum absolute atomic E-state index is 0.183. The van der Waals surface area contributed by atoms with Gasteiger partial charge < -0.3 is 4.74 Å².